The van der Waals surface area contributed by atoms with Crippen LogP contribution in [0.4, 0.5) is 5.82 Å². The van der Waals surface area contributed by atoms with Crippen molar-refractivity contribution in [2.24, 2.45) is 5.92 Å². The first-order valence-electron chi connectivity index (χ1n) is 8.42. The lowest BCUT2D eigenvalue weighted by Crippen LogP contribution is -2.49. The van der Waals surface area contributed by atoms with Crippen LogP contribution in [0.3, 0.4) is 0 Å². The second-order valence-corrected chi connectivity index (χ2v) is 7.45. The first kappa shape index (κ1) is 18.4. The van der Waals surface area contributed by atoms with Gasteiger partial charge in [0.05, 0.1) is 25.3 Å². The molecule has 1 aliphatic rings. The Morgan fingerprint density at radius 2 is 1.84 bits per heavy atom. The molecule has 136 valence electrons. The second kappa shape index (κ2) is 7.49. The van der Waals surface area contributed by atoms with E-state index in [2.05, 4.69) is 44.4 Å². The molecule has 1 saturated heterocycles. The standard InChI is InChI=1S/C18H24IN3O3/c1-12(10-19)18(23)4-6-22(7-5-18)17-13-8-15(24-2)16(25-3)9-14(13)20-11-21-17/h8-9,11-12,23H,4-7,10H2,1-3H3. The average molecular weight is 457 g/mol. The maximum Gasteiger partial charge on any atom is 0.162 e. The molecular weight excluding hydrogens is 433 g/mol. The van der Waals surface area contributed by atoms with Crippen LogP contribution in [0.25, 0.3) is 10.9 Å². The van der Waals surface area contributed by atoms with Crippen molar-refractivity contribution in [3.05, 3.63) is 18.5 Å². The average Bonchev–Trinajstić information content (AvgIpc) is 2.66. The van der Waals surface area contributed by atoms with Crippen molar-refractivity contribution in [1.82, 2.24) is 9.97 Å². The molecule has 0 amide bonds. The summed E-state index contributed by atoms with van der Waals surface area (Å²) in [5, 5.41) is 11.8. The number of hydrogen-bond acceptors (Lipinski definition) is 6. The molecule has 0 radical (unpaired) electrons. The number of fused-ring (bicyclic) bond motifs is 1. The highest BCUT2D eigenvalue weighted by atomic mass is 127. The molecule has 0 aliphatic carbocycles. The van der Waals surface area contributed by atoms with Crippen molar-refractivity contribution < 1.29 is 14.6 Å². The zero-order chi connectivity index (χ0) is 18.0. The molecule has 1 N–H and O–H groups in total. The third-order valence-electron chi connectivity index (χ3n) is 5.20. The maximum atomic E-state index is 10.9. The molecule has 3 rings (SSSR count). The van der Waals surface area contributed by atoms with E-state index in [0.29, 0.717) is 17.4 Å². The number of hydrogen-bond donors (Lipinski definition) is 1. The summed E-state index contributed by atoms with van der Waals surface area (Å²) in [6.07, 6.45) is 3.07. The van der Waals surface area contributed by atoms with Crippen LogP contribution in [0.15, 0.2) is 18.5 Å². The van der Waals surface area contributed by atoms with Gasteiger partial charge in [0.25, 0.3) is 0 Å². The summed E-state index contributed by atoms with van der Waals surface area (Å²) < 4.78 is 11.7. The number of aromatic nitrogens is 2. The summed E-state index contributed by atoms with van der Waals surface area (Å²) in [6, 6.07) is 3.80. The lowest BCUT2D eigenvalue weighted by atomic mass is 9.81. The number of methoxy groups -OCH3 is 2. The number of halogens is 1. The van der Waals surface area contributed by atoms with Crippen LogP contribution in [-0.4, -0.2) is 52.4 Å². The predicted octanol–water partition coefficient (Wildman–Crippen LogP) is 3.05. The Hall–Kier alpha value is -1.35. The van der Waals surface area contributed by atoms with Crippen molar-refractivity contribution in [2.75, 3.05) is 36.6 Å². The number of benzene rings is 1. The van der Waals surface area contributed by atoms with Gasteiger partial charge in [-0.3, -0.25) is 0 Å². The normalized spacial score (nSPS) is 18.2. The third-order valence-corrected chi connectivity index (χ3v) is 6.52. The Morgan fingerprint density at radius 3 is 2.44 bits per heavy atom. The van der Waals surface area contributed by atoms with E-state index in [1.807, 2.05) is 12.1 Å². The van der Waals surface area contributed by atoms with Crippen molar-refractivity contribution in [3.8, 4) is 11.5 Å². The molecule has 1 aliphatic heterocycles. The van der Waals surface area contributed by atoms with E-state index in [9.17, 15) is 5.11 Å². The summed E-state index contributed by atoms with van der Waals surface area (Å²) in [4.78, 5) is 11.1. The highest BCUT2D eigenvalue weighted by Gasteiger charge is 2.37. The van der Waals surface area contributed by atoms with Gasteiger partial charge in [0.1, 0.15) is 12.1 Å². The molecule has 1 fully saturated rings. The van der Waals surface area contributed by atoms with Crippen molar-refractivity contribution >= 4 is 39.3 Å². The van der Waals surface area contributed by atoms with E-state index in [1.165, 1.54) is 0 Å². The molecule has 0 bridgehead atoms. The molecule has 7 heteroatoms. The summed E-state index contributed by atoms with van der Waals surface area (Å²) >= 11 is 2.35. The number of aliphatic hydroxyl groups is 1. The van der Waals surface area contributed by atoms with E-state index < -0.39 is 5.60 Å². The largest absolute Gasteiger partial charge is 0.493 e. The fourth-order valence-electron chi connectivity index (χ4n) is 3.36. The van der Waals surface area contributed by atoms with Crippen molar-refractivity contribution in [2.45, 2.75) is 25.4 Å². The van der Waals surface area contributed by atoms with Gasteiger partial charge in [-0.15, -0.1) is 0 Å². The van der Waals surface area contributed by atoms with Crippen LogP contribution in [0, 0.1) is 5.92 Å². The quantitative estimate of drug-likeness (QED) is 0.550. The van der Waals surface area contributed by atoms with Gasteiger partial charge in [-0.25, -0.2) is 9.97 Å². The van der Waals surface area contributed by atoms with Gasteiger partial charge in [0.2, 0.25) is 0 Å². The topological polar surface area (TPSA) is 67.7 Å². The molecule has 1 atom stereocenters. The van der Waals surface area contributed by atoms with Crippen LogP contribution in [0.1, 0.15) is 19.8 Å². The zero-order valence-electron chi connectivity index (χ0n) is 14.8. The molecule has 2 heterocycles. The Kier molecular flexibility index (Phi) is 5.52. The fourth-order valence-corrected chi connectivity index (χ4v) is 4.18. The molecule has 2 aromatic rings. The van der Waals surface area contributed by atoms with E-state index in [1.54, 1.807) is 20.5 Å². The monoisotopic (exact) mass is 457 g/mol. The van der Waals surface area contributed by atoms with Crippen molar-refractivity contribution in [3.63, 3.8) is 0 Å². The van der Waals surface area contributed by atoms with Crippen LogP contribution < -0.4 is 14.4 Å². The number of rotatable bonds is 5. The number of alkyl halides is 1. The number of piperidine rings is 1. The van der Waals surface area contributed by atoms with Gasteiger partial charge < -0.3 is 19.5 Å². The summed E-state index contributed by atoms with van der Waals surface area (Å²) in [6.45, 7) is 3.68. The molecule has 1 aromatic heterocycles. The molecule has 25 heavy (non-hydrogen) atoms. The second-order valence-electron chi connectivity index (χ2n) is 6.57. The number of anilines is 1. The molecule has 1 unspecified atom stereocenters. The predicted molar refractivity (Wildman–Crippen MR) is 107 cm³/mol. The van der Waals surface area contributed by atoms with E-state index in [0.717, 1.165) is 47.1 Å². The lowest BCUT2D eigenvalue weighted by Gasteiger charge is -2.42. The molecule has 6 nitrogen and oxygen atoms in total. The van der Waals surface area contributed by atoms with Crippen LogP contribution >= 0.6 is 22.6 Å². The van der Waals surface area contributed by atoms with Crippen LogP contribution in [-0.2, 0) is 0 Å². The van der Waals surface area contributed by atoms with Crippen LogP contribution in [0.5, 0.6) is 11.5 Å². The Balaban J connectivity index is 1.92. The highest BCUT2D eigenvalue weighted by Crippen LogP contribution is 2.37. The minimum Gasteiger partial charge on any atom is -0.493 e. The summed E-state index contributed by atoms with van der Waals surface area (Å²) in [5.41, 5.74) is 0.241. The van der Waals surface area contributed by atoms with Gasteiger partial charge in [-0.2, -0.15) is 0 Å². The Morgan fingerprint density at radius 1 is 1.20 bits per heavy atom. The minimum absolute atomic E-state index is 0.293. The Bertz CT molecular complexity index is 748. The zero-order valence-corrected chi connectivity index (χ0v) is 17.0. The van der Waals surface area contributed by atoms with Gasteiger partial charge >= 0.3 is 0 Å². The third kappa shape index (κ3) is 3.48. The Labute approximate surface area is 161 Å². The minimum atomic E-state index is -0.582. The molecular formula is C18H24IN3O3. The first-order chi connectivity index (χ1) is 12.0. The van der Waals surface area contributed by atoms with E-state index in [4.69, 9.17) is 9.47 Å². The van der Waals surface area contributed by atoms with Gasteiger partial charge in [0.15, 0.2) is 11.5 Å². The van der Waals surface area contributed by atoms with Crippen molar-refractivity contribution in [1.29, 1.82) is 0 Å². The maximum absolute atomic E-state index is 10.9. The fraction of sp³-hybridized carbons (Fsp3) is 0.556. The van der Waals surface area contributed by atoms with Crippen LogP contribution in [0.2, 0.25) is 0 Å². The summed E-state index contributed by atoms with van der Waals surface area (Å²) in [7, 11) is 3.24. The van der Waals surface area contributed by atoms with Gasteiger partial charge in [-0.05, 0) is 24.8 Å². The number of ether oxygens (including phenoxy) is 2. The number of nitrogens with zero attached hydrogens (tertiary/aromatic N) is 3. The first-order valence-corrected chi connectivity index (χ1v) is 9.95. The van der Waals surface area contributed by atoms with E-state index in [-0.39, 0.29) is 0 Å². The molecule has 0 spiro atoms. The van der Waals surface area contributed by atoms with Gasteiger partial charge in [0, 0.05) is 29.0 Å². The highest BCUT2D eigenvalue weighted by molar-refractivity contribution is 14.1. The lowest BCUT2D eigenvalue weighted by molar-refractivity contribution is -0.0236. The summed E-state index contributed by atoms with van der Waals surface area (Å²) in [5.74, 6) is 2.50. The molecule has 1 aromatic carbocycles. The molecule has 0 saturated carbocycles. The smallest absolute Gasteiger partial charge is 0.162 e. The SMILES string of the molecule is COc1cc2ncnc(N3CCC(O)(C(C)CI)CC3)c2cc1OC. The van der Waals surface area contributed by atoms with E-state index >= 15 is 0 Å². The van der Waals surface area contributed by atoms with Gasteiger partial charge in [-0.1, -0.05) is 29.5 Å².